The first kappa shape index (κ1) is 18.7. The van der Waals surface area contributed by atoms with Crippen LogP contribution in [0.2, 0.25) is 5.02 Å². The lowest BCUT2D eigenvalue weighted by Gasteiger charge is -2.23. The molecule has 27 heavy (non-hydrogen) atoms. The highest BCUT2D eigenvalue weighted by molar-refractivity contribution is 6.33. The smallest absolute Gasteiger partial charge is 0.265 e. The molecule has 140 valence electrons. The molecule has 8 heteroatoms. The highest BCUT2D eigenvalue weighted by Crippen LogP contribution is 2.32. The van der Waals surface area contributed by atoms with Crippen molar-refractivity contribution in [3.05, 3.63) is 53.1 Å². The number of carbonyl (C=O) groups excluding carboxylic acids is 3. The van der Waals surface area contributed by atoms with Gasteiger partial charge in [-0.25, -0.2) is 0 Å². The first-order valence-corrected chi connectivity index (χ1v) is 8.76. The topological polar surface area (TPSA) is 96.5 Å². The van der Waals surface area contributed by atoms with Crippen LogP contribution in [0.25, 0.3) is 0 Å². The van der Waals surface area contributed by atoms with E-state index in [0.717, 1.165) is 0 Å². The number of rotatable bonds is 5. The maximum atomic E-state index is 12.1. The number of fused-ring (bicyclic) bond motifs is 1. The summed E-state index contributed by atoms with van der Waals surface area (Å²) < 4.78 is 5.46. The second-order valence-corrected chi connectivity index (χ2v) is 6.40. The number of hydrogen-bond acceptors (Lipinski definition) is 4. The Morgan fingerprint density at radius 1 is 1.22 bits per heavy atom. The fourth-order valence-electron chi connectivity index (χ4n) is 2.54. The van der Waals surface area contributed by atoms with Crippen LogP contribution in [0.3, 0.4) is 0 Å². The average Bonchev–Trinajstić information content (AvgIpc) is 2.63. The van der Waals surface area contributed by atoms with Crippen LogP contribution in [0.1, 0.15) is 23.7 Å². The van der Waals surface area contributed by atoms with Gasteiger partial charge in [0.1, 0.15) is 5.75 Å². The largest absolute Gasteiger partial charge is 0.479 e. The van der Waals surface area contributed by atoms with Gasteiger partial charge in [0.2, 0.25) is 5.91 Å². The summed E-state index contributed by atoms with van der Waals surface area (Å²) in [4.78, 5) is 35.8. The molecule has 0 fully saturated rings. The van der Waals surface area contributed by atoms with Crippen molar-refractivity contribution >= 4 is 40.7 Å². The fraction of sp³-hybridized carbons (Fsp3) is 0.211. The molecule has 3 N–H and O–H groups in total. The molecule has 7 nitrogen and oxygen atoms in total. The molecule has 0 bridgehead atoms. The van der Waals surface area contributed by atoms with Gasteiger partial charge in [0, 0.05) is 18.7 Å². The average molecular weight is 388 g/mol. The van der Waals surface area contributed by atoms with E-state index < -0.39 is 6.10 Å². The van der Waals surface area contributed by atoms with Gasteiger partial charge in [-0.2, -0.15) is 0 Å². The molecule has 0 aliphatic carbocycles. The Morgan fingerprint density at radius 3 is 2.78 bits per heavy atom. The summed E-state index contributed by atoms with van der Waals surface area (Å²) in [6.07, 6.45) is -0.465. The monoisotopic (exact) mass is 387 g/mol. The first-order valence-electron chi connectivity index (χ1n) is 8.38. The Balaban J connectivity index is 1.51. The summed E-state index contributed by atoms with van der Waals surface area (Å²) in [6.45, 7) is 1.82. The predicted octanol–water partition coefficient (Wildman–Crippen LogP) is 2.82. The third-order valence-electron chi connectivity index (χ3n) is 3.95. The normalized spacial score (nSPS) is 15.2. The van der Waals surface area contributed by atoms with Crippen LogP contribution in [-0.4, -0.2) is 30.4 Å². The van der Waals surface area contributed by atoms with E-state index in [1.807, 2.05) is 0 Å². The Labute approximate surface area is 161 Å². The first-order chi connectivity index (χ1) is 12.9. The van der Waals surface area contributed by atoms with Gasteiger partial charge < -0.3 is 20.7 Å². The van der Waals surface area contributed by atoms with E-state index >= 15 is 0 Å². The van der Waals surface area contributed by atoms with E-state index in [1.165, 1.54) is 0 Å². The number of amides is 3. The summed E-state index contributed by atoms with van der Waals surface area (Å²) in [5.41, 5.74) is 1.39. The standard InChI is InChI=1S/C19H18ClN3O4/c1-11-18(25)23-15-10-12(6-7-16(15)27-11)22-17(24)8-9-21-19(26)13-4-2-3-5-14(13)20/h2-7,10-11H,8-9H2,1H3,(H,21,26)(H,22,24)(H,23,25)/t11-/m1/s1. The molecule has 0 radical (unpaired) electrons. The van der Waals surface area contributed by atoms with Crippen LogP contribution >= 0.6 is 11.6 Å². The van der Waals surface area contributed by atoms with Gasteiger partial charge in [-0.1, -0.05) is 23.7 Å². The number of nitrogens with one attached hydrogen (secondary N) is 3. The van der Waals surface area contributed by atoms with Crippen molar-refractivity contribution in [2.45, 2.75) is 19.4 Å². The van der Waals surface area contributed by atoms with Crippen LogP contribution < -0.4 is 20.7 Å². The Bertz CT molecular complexity index is 900. The van der Waals surface area contributed by atoms with Crippen molar-refractivity contribution in [2.24, 2.45) is 0 Å². The van der Waals surface area contributed by atoms with Crippen LogP contribution in [0.15, 0.2) is 42.5 Å². The molecule has 0 spiro atoms. The highest BCUT2D eigenvalue weighted by Gasteiger charge is 2.23. The quantitative estimate of drug-likeness (QED) is 0.735. The molecule has 1 aliphatic heterocycles. The zero-order valence-electron chi connectivity index (χ0n) is 14.5. The molecule has 0 aromatic heterocycles. The van der Waals surface area contributed by atoms with Crippen molar-refractivity contribution in [2.75, 3.05) is 17.2 Å². The molecular weight excluding hydrogens is 370 g/mol. The van der Waals surface area contributed by atoms with Gasteiger partial charge in [-0.05, 0) is 37.3 Å². The zero-order chi connectivity index (χ0) is 19.4. The van der Waals surface area contributed by atoms with E-state index in [-0.39, 0.29) is 30.7 Å². The maximum Gasteiger partial charge on any atom is 0.265 e. The number of halogens is 1. The van der Waals surface area contributed by atoms with Crippen LogP contribution in [0.4, 0.5) is 11.4 Å². The van der Waals surface area contributed by atoms with Crippen molar-refractivity contribution in [1.82, 2.24) is 5.32 Å². The summed E-state index contributed by atoms with van der Waals surface area (Å²) in [6, 6.07) is 11.7. The third kappa shape index (κ3) is 4.57. The summed E-state index contributed by atoms with van der Waals surface area (Å²) >= 11 is 5.96. The molecule has 0 saturated heterocycles. The van der Waals surface area contributed by atoms with Crippen LogP contribution in [-0.2, 0) is 9.59 Å². The van der Waals surface area contributed by atoms with Gasteiger partial charge >= 0.3 is 0 Å². The minimum absolute atomic E-state index is 0.0904. The third-order valence-corrected chi connectivity index (χ3v) is 4.28. The lowest BCUT2D eigenvalue weighted by Crippen LogP contribution is -2.34. The summed E-state index contributed by atoms with van der Waals surface area (Å²) in [5.74, 6) is -0.303. The van der Waals surface area contributed by atoms with E-state index in [1.54, 1.807) is 49.4 Å². The summed E-state index contributed by atoms with van der Waals surface area (Å²) in [5, 5.41) is 8.45. The molecule has 1 aliphatic rings. The Hall–Kier alpha value is -3.06. The SMILES string of the molecule is C[C@H]1Oc2ccc(NC(=O)CCNC(=O)c3ccccc3Cl)cc2NC1=O. The number of carbonyl (C=O) groups is 3. The highest BCUT2D eigenvalue weighted by atomic mass is 35.5. The zero-order valence-corrected chi connectivity index (χ0v) is 15.3. The van der Waals surface area contributed by atoms with Crippen LogP contribution in [0, 0.1) is 0 Å². The van der Waals surface area contributed by atoms with E-state index in [0.29, 0.717) is 27.7 Å². The van der Waals surface area contributed by atoms with E-state index in [9.17, 15) is 14.4 Å². The summed E-state index contributed by atoms with van der Waals surface area (Å²) in [7, 11) is 0. The van der Waals surface area contributed by atoms with Crippen LogP contribution in [0.5, 0.6) is 5.75 Å². The molecule has 2 aromatic rings. The van der Waals surface area contributed by atoms with Gasteiger partial charge in [0.25, 0.3) is 11.8 Å². The predicted molar refractivity (Wildman–Crippen MR) is 102 cm³/mol. The molecule has 0 saturated carbocycles. The molecular formula is C19H18ClN3O4. The van der Waals surface area contributed by atoms with E-state index in [4.69, 9.17) is 16.3 Å². The number of anilines is 2. The Morgan fingerprint density at radius 2 is 2.00 bits per heavy atom. The molecule has 1 heterocycles. The van der Waals surface area contributed by atoms with E-state index in [2.05, 4.69) is 16.0 Å². The molecule has 2 aromatic carbocycles. The lowest BCUT2D eigenvalue weighted by atomic mass is 10.2. The van der Waals surface area contributed by atoms with Crippen molar-refractivity contribution in [3.63, 3.8) is 0 Å². The van der Waals surface area contributed by atoms with Gasteiger partial charge in [0.05, 0.1) is 16.3 Å². The van der Waals surface area contributed by atoms with Gasteiger partial charge in [0.15, 0.2) is 6.10 Å². The second-order valence-electron chi connectivity index (χ2n) is 5.99. The second kappa shape index (κ2) is 8.09. The maximum absolute atomic E-state index is 12.1. The van der Waals surface area contributed by atoms with Crippen molar-refractivity contribution < 1.29 is 19.1 Å². The molecule has 3 rings (SSSR count). The molecule has 3 amide bonds. The number of ether oxygens (including phenoxy) is 1. The minimum Gasteiger partial charge on any atom is -0.479 e. The van der Waals surface area contributed by atoms with Crippen molar-refractivity contribution in [1.29, 1.82) is 0 Å². The fourth-order valence-corrected chi connectivity index (χ4v) is 2.76. The number of hydrogen-bond donors (Lipinski definition) is 3. The molecule has 1 atom stereocenters. The number of benzene rings is 2. The van der Waals surface area contributed by atoms with Crippen molar-refractivity contribution in [3.8, 4) is 5.75 Å². The van der Waals surface area contributed by atoms with Gasteiger partial charge in [-0.15, -0.1) is 0 Å². The Kier molecular flexibility index (Phi) is 5.61. The van der Waals surface area contributed by atoms with Gasteiger partial charge in [-0.3, -0.25) is 14.4 Å². The molecule has 0 unspecified atom stereocenters. The minimum atomic E-state index is -0.556. The lowest BCUT2D eigenvalue weighted by molar-refractivity contribution is -0.122.